The van der Waals surface area contributed by atoms with Crippen molar-refractivity contribution >= 4 is 35.6 Å². The fourth-order valence-corrected chi connectivity index (χ4v) is 1.13. The molecule has 14 heavy (non-hydrogen) atoms. The second-order valence-corrected chi connectivity index (χ2v) is 2.88. The molecule has 4 nitrogen and oxygen atoms in total. The Bertz CT molecular complexity index is 315. The van der Waals surface area contributed by atoms with Gasteiger partial charge < -0.3 is 5.73 Å². The van der Waals surface area contributed by atoms with Gasteiger partial charge >= 0.3 is 0 Å². The number of hydrogen-bond donors (Lipinski definition) is 3. The van der Waals surface area contributed by atoms with Gasteiger partial charge in [0.1, 0.15) is 0 Å². The van der Waals surface area contributed by atoms with Crippen LogP contribution in [0.25, 0.3) is 0 Å². The van der Waals surface area contributed by atoms with E-state index in [2.05, 4.69) is 10.4 Å². The fourth-order valence-electron chi connectivity index (χ4n) is 1.13. The van der Waals surface area contributed by atoms with E-state index in [0.29, 0.717) is 0 Å². The normalized spacial score (nSPS) is 10.6. The smallest absolute Gasteiger partial charge is 0.208 e. The maximum absolute atomic E-state index is 5.46. The summed E-state index contributed by atoms with van der Waals surface area (Å²) in [4.78, 5) is 4.13. The van der Waals surface area contributed by atoms with Gasteiger partial charge in [-0.05, 0) is 25.0 Å². The lowest BCUT2D eigenvalue weighted by Gasteiger charge is -2.05. The molecule has 0 radical (unpaired) electrons. The molecule has 0 aliphatic heterocycles. The van der Waals surface area contributed by atoms with Gasteiger partial charge in [-0.25, -0.2) is 10.8 Å². The highest BCUT2D eigenvalue weighted by Gasteiger charge is 1.99. The molecule has 0 aliphatic carbocycles. The molecular formula is C9H15IN4. The van der Waals surface area contributed by atoms with E-state index in [1.54, 1.807) is 0 Å². The number of nitrogens with two attached hydrogens (primary N) is 2. The van der Waals surface area contributed by atoms with Gasteiger partial charge in [-0.15, -0.1) is 24.0 Å². The van der Waals surface area contributed by atoms with Gasteiger partial charge in [0.25, 0.3) is 0 Å². The van der Waals surface area contributed by atoms with E-state index >= 15 is 0 Å². The largest absolute Gasteiger partial charge is 0.369 e. The summed E-state index contributed by atoms with van der Waals surface area (Å²) in [6.45, 7) is 3.96. The molecule has 0 aliphatic rings. The Morgan fingerprint density at radius 1 is 1.29 bits per heavy atom. The van der Waals surface area contributed by atoms with E-state index in [1.807, 2.05) is 32.0 Å². The van der Waals surface area contributed by atoms with Gasteiger partial charge in [-0.2, -0.15) is 0 Å². The van der Waals surface area contributed by atoms with Crippen LogP contribution < -0.4 is 17.0 Å². The van der Waals surface area contributed by atoms with Crippen molar-refractivity contribution < 1.29 is 0 Å². The van der Waals surface area contributed by atoms with Crippen LogP contribution in [0.3, 0.4) is 0 Å². The first kappa shape index (κ1) is 13.2. The van der Waals surface area contributed by atoms with Crippen LogP contribution in [0.2, 0.25) is 0 Å². The second kappa shape index (κ2) is 5.82. The number of aryl methyl sites for hydroxylation is 2. The van der Waals surface area contributed by atoms with Crippen molar-refractivity contribution in [1.82, 2.24) is 5.43 Å². The van der Waals surface area contributed by atoms with Crippen LogP contribution in [0.1, 0.15) is 11.1 Å². The molecule has 0 spiro atoms. The number of rotatable bonds is 1. The van der Waals surface area contributed by atoms with Crippen LogP contribution in [0.5, 0.6) is 0 Å². The summed E-state index contributed by atoms with van der Waals surface area (Å²) in [6, 6.07) is 5.95. The van der Waals surface area contributed by atoms with Crippen molar-refractivity contribution in [2.24, 2.45) is 16.6 Å². The predicted octanol–water partition coefficient (Wildman–Crippen LogP) is 1.33. The maximum Gasteiger partial charge on any atom is 0.208 e. The Morgan fingerprint density at radius 2 is 1.79 bits per heavy atom. The summed E-state index contributed by atoms with van der Waals surface area (Å²) in [6.07, 6.45) is 0. The van der Waals surface area contributed by atoms with E-state index in [4.69, 9.17) is 11.6 Å². The Hall–Kier alpha value is -0.820. The number of guanidine groups is 1. The number of halogens is 1. The van der Waals surface area contributed by atoms with Crippen LogP contribution in [0, 0.1) is 13.8 Å². The molecule has 5 heteroatoms. The zero-order valence-electron chi connectivity index (χ0n) is 8.24. The number of benzene rings is 1. The van der Waals surface area contributed by atoms with E-state index in [-0.39, 0.29) is 29.9 Å². The summed E-state index contributed by atoms with van der Waals surface area (Å²) < 4.78 is 0. The first-order valence-corrected chi connectivity index (χ1v) is 4.02. The van der Waals surface area contributed by atoms with E-state index in [9.17, 15) is 0 Å². The highest BCUT2D eigenvalue weighted by molar-refractivity contribution is 14.0. The standard InChI is InChI=1S/C9H14N4.HI/c1-6-4-3-5-7(2)8(6)12-9(10)13-11;/h3-5H,11H2,1-2H3,(H3,10,12,13);1H. The minimum Gasteiger partial charge on any atom is -0.369 e. The minimum absolute atomic E-state index is 0. The van der Waals surface area contributed by atoms with Gasteiger partial charge in [-0.1, -0.05) is 18.2 Å². The lowest BCUT2D eigenvalue weighted by molar-refractivity contribution is 1.01. The van der Waals surface area contributed by atoms with Crippen molar-refractivity contribution in [2.45, 2.75) is 13.8 Å². The molecule has 0 fully saturated rings. The number of nitrogens with one attached hydrogen (secondary N) is 1. The van der Waals surface area contributed by atoms with Gasteiger partial charge in [0.2, 0.25) is 5.96 Å². The Morgan fingerprint density at radius 3 is 2.21 bits per heavy atom. The number of nitrogens with zero attached hydrogens (tertiary/aromatic N) is 1. The number of hydrogen-bond acceptors (Lipinski definition) is 2. The van der Waals surface area contributed by atoms with Crippen LogP contribution in [0.15, 0.2) is 23.2 Å². The van der Waals surface area contributed by atoms with Crippen LogP contribution in [-0.4, -0.2) is 5.96 Å². The number of aliphatic imine (C=N–C) groups is 1. The van der Waals surface area contributed by atoms with Gasteiger partial charge in [0.15, 0.2) is 0 Å². The van der Waals surface area contributed by atoms with Crippen molar-refractivity contribution in [3.05, 3.63) is 29.3 Å². The van der Waals surface area contributed by atoms with Crippen molar-refractivity contribution in [3.8, 4) is 0 Å². The highest BCUT2D eigenvalue weighted by Crippen LogP contribution is 2.22. The molecule has 78 valence electrons. The monoisotopic (exact) mass is 306 g/mol. The summed E-state index contributed by atoms with van der Waals surface area (Å²) in [5.41, 5.74) is 10.8. The minimum atomic E-state index is 0. The molecule has 0 aromatic heterocycles. The first-order valence-electron chi connectivity index (χ1n) is 4.02. The molecule has 5 N–H and O–H groups in total. The molecule has 1 aromatic rings. The summed E-state index contributed by atoms with van der Waals surface area (Å²) in [5.74, 6) is 5.33. The van der Waals surface area contributed by atoms with Crippen LogP contribution >= 0.6 is 24.0 Å². The first-order chi connectivity index (χ1) is 6.15. The third-order valence-electron chi connectivity index (χ3n) is 1.82. The van der Waals surface area contributed by atoms with Crippen molar-refractivity contribution in [3.63, 3.8) is 0 Å². The van der Waals surface area contributed by atoms with E-state index in [1.165, 1.54) is 0 Å². The maximum atomic E-state index is 5.46. The predicted molar refractivity (Wildman–Crippen MR) is 69.9 cm³/mol. The van der Waals surface area contributed by atoms with Gasteiger partial charge in [-0.3, -0.25) is 5.43 Å². The zero-order chi connectivity index (χ0) is 9.84. The fraction of sp³-hybridized carbons (Fsp3) is 0.222. The quantitative estimate of drug-likeness (QED) is 0.241. The van der Waals surface area contributed by atoms with Crippen molar-refractivity contribution in [2.75, 3.05) is 0 Å². The zero-order valence-corrected chi connectivity index (χ0v) is 10.6. The molecule has 0 saturated carbocycles. The average Bonchev–Trinajstić information content (AvgIpc) is 2.11. The second-order valence-electron chi connectivity index (χ2n) is 2.88. The number of para-hydroxylation sites is 1. The molecular weight excluding hydrogens is 291 g/mol. The average molecular weight is 306 g/mol. The third kappa shape index (κ3) is 3.15. The highest BCUT2D eigenvalue weighted by atomic mass is 127. The molecule has 0 saturated heterocycles. The third-order valence-corrected chi connectivity index (χ3v) is 1.82. The molecule has 1 aromatic carbocycles. The van der Waals surface area contributed by atoms with E-state index < -0.39 is 0 Å². The Labute approximate surface area is 101 Å². The van der Waals surface area contributed by atoms with Gasteiger partial charge in [0.05, 0.1) is 5.69 Å². The molecule has 1 rings (SSSR count). The topological polar surface area (TPSA) is 76.4 Å². The van der Waals surface area contributed by atoms with Crippen LogP contribution in [0.4, 0.5) is 5.69 Å². The molecule has 0 atom stereocenters. The molecule has 0 amide bonds. The molecule has 0 unspecified atom stereocenters. The summed E-state index contributed by atoms with van der Waals surface area (Å²) >= 11 is 0. The lowest BCUT2D eigenvalue weighted by Crippen LogP contribution is -2.36. The van der Waals surface area contributed by atoms with Gasteiger partial charge in [0, 0.05) is 0 Å². The Kier molecular flexibility index (Phi) is 5.47. The van der Waals surface area contributed by atoms with Crippen LogP contribution in [-0.2, 0) is 0 Å². The van der Waals surface area contributed by atoms with Crippen molar-refractivity contribution in [1.29, 1.82) is 0 Å². The summed E-state index contributed by atoms with van der Waals surface area (Å²) in [5, 5.41) is 0. The van der Waals surface area contributed by atoms with E-state index in [0.717, 1.165) is 16.8 Å². The summed E-state index contributed by atoms with van der Waals surface area (Å²) in [7, 11) is 0. The lowest BCUT2D eigenvalue weighted by atomic mass is 10.1. The molecule has 0 heterocycles. The number of hydrazine groups is 1. The Balaban J connectivity index is 0.00000169. The molecule has 0 bridgehead atoms. The SMILES string of the molecule is Cc1cccc(C)c1N=C(N)NN.I.